The quantitative estimate of drug-likeness (QED) is 0.404. The number of aromatic nitrogens is 3. The van der Waals surface area contributed by atoms with Crippen LogP contribution in [-0.4, -0.2) is 54.7 Å². The van der Waals surface area contributed by atoms with Gasteiger partial charge in [0.05, 0.1) is 10.6 Å². The van der Waals surface area contributed by atoms with Gasteiger partial charge in [-0.25, -0.2) is 8.42 Å². The van der Waals surface area contributed by atoms with Gasteiger partial charge in [0.25, 0.3) is 10.0 Å². The molecule has 2 aliphatic rings. The predicted molar refractivity (Wildman–Crippen MR) is 141 cm³/mol. The van der Waals surface area contributed by atoms with Gasteiger partial charge in [0.1, 0.15) is 5.75 Å². The number of aromatic hydroxyl groups is 1. The topological polar surface area (TPSA) is 124 Å². The van der Waals surface area contributed by atoms with Crippen LogP contribution in [0.5, 0.6) is 5.75 Å². The number of sulfonamides is 1. The van der Waals surface area contributed by atoms with E-state index in [0.29, 0.717) is 23.5 Å². The van der Waals surface area contributed by atoms with E-state index in [-0.39, 0.29) is 16.3 Å². The van der Waals surface area contributed by atoms with Gasteiger partial charge < -0.3 is 20.2 Å². The van der Waals surface area contributed by atoms with E-state index in [1.165, 1.54) is 37.1 Å². The lowest BCUT2D eigenvalue weighted by Crippen LogP contribution is -2.34. The number of phenols is 1. The molecule has 0 unspecified atom stereocenters. The van der Waals surface area contributed by atoms with Gasteiger partial charge >= 0.3 is 0 Å². The highest BCUT2D eigenvalue weighted by Crippen LogP contribution is 2.31. The maximum absolute atomic E-state index is 12.6. The SMILES string of the molecule is O=S(=O)(Nc1ccc(Nc2nc(N3CCCCC3)nc(N3CCCCC3)n2)cc1O)c1ccccc1. The first-order valence-corrected chi connectivity index (χ1v) is 13.9. The third-order valence-corrected chi connectivity index (χ3v) is 7.82. The average molecular weight is 510 g/mol. The molecule has 0 amide bonds. The summed E-state index contributed by atoms with van der Waals surface area (Å²) in [7, 11) is -3.82. The van der Waals surface area contributed by atoms with Crippen LogP contribution in [0.15, 0.2) is 53.4 Å². The number of phenolic OH excluding ortho intramolecular Hbond substituents is 1. The smallest absolute Gasteiger partial charge is 0.262 e. The van der Waals surface area contributed by atoms with Gasteiger partial charge in [-0.15, -0.1) is 0 Å². The van der Waals surface area contributed by atoms with Crippen molar-refractivity contribution >= 4 is 39.2 Å². The molecule has 1 aromatic heterocycles. The number of hydrogen-bond acceptors (Lipinski definition) is 9. The van der Waals surface area contributed by atoms with Crippen molar-refractivity contribution in [2.75, 3.05) is 46.0 Å². The molecule has 2 fully saturated rings. The van der Waals surface area contributed by atoms with Crippen LogP contribution < -0.4 is 19.8 Å². The van der Waals surface area contributed by atoms with E-state index in [1.807, 2.05) is 0 Å². The number of benzene rings is 2. The molecule has 11 heteroatoms. The Morgan fingerprint density at radius 2 is 1.33 bits per heavy atom. The molecule has 0 atom stereocenters. The Morgan fingerprint density at radius 3 is 1.89 bits per heavy atom. The van der Waals surface area contributed by atoms with E-state index in [4.69, 9.17) is 4.98 Å². The van der Waals surface area contributed by atoms with Crippen molar-refractivity contribution in [3.63, 3.8) is 0 Å². The average Bonchev–Trinajstić information content (AvgIpc) is 2.91. The Hall–Kier alpha value is -3.60. The lowest BCUT2D eigenvalue weighted by molar-refractivity contribution is 0.478. The van der Waals surface area contributed by atoms with Crippen molar-refractivity contribution in [1.29, 1.82) is 0 Å². The molecule has 2 aliphatic heterocycles. The van der Waals surface area contributed by atoms with Crippen molar-refractivity contribution < 1.29 is 13.5 Å². The molecule has 0 bridgehead atoms. The molecule has 10 nitrogen and oxygen atoms in total. The van der Waals surface area contributed by atoms with E-state index in [2.05, 4.69) is 29.8 Å². The van der Waals surface area contributed by atoms with Crippen LogP contribution in [-0.2, 0) is 10.0 Å². The van der Waals surface area contributed by atoms with Crippen molar-refractivity contribution in [2.45, 2.75) is 43.4 Å². The maximum Gasteiger partial charge on any atom is 0.262 e. The molecule has 5 rings (SSSR count). The summed E-state index contributed by atoms with van der Waals surface area (Å²) in [4.78, 5) is 18.6. The van der Waals surface area contributed by atoms with Crippen molar-refractivity contribution in [3.05, 3.63) is 48.5 Å². The van der Waals surface area contributed by atoms with Crippen LogP contribution in [0.2, 0.25) is 0 Å². The fourth-order valence-electron chi connectivity index (χ4n) is 4.51. The predicted octanol–water partition coefficient (Wildman–Crippen LogP) is 4.10. The lowest BCUT2D eigenvalue weighted by atomic mass is 10.1. The van der Waals surface area contributed by atoms with E-state index < -0.39 is 10.0 Å². The summed E-state index contributed by atoms with van der Waals surface area (Å²) in [6.07, 6.45) is 6.88. The molecule has 0 aliphatic carbocycles. The minimum Gasteiger partial charge on any atom is -0.506 e. The van der Waals surface area contributed by atoms with E-state index in [0.717, 1.165) is 51.9 Å². The van der Waals surface area contributed by atoms with Crippen LogP contribution in [0.4, 0.5) is 29.2 Å². The highest BCUT2D eigenvalue weighted by molar-refractivity contribution is 7.92. The molecule has 3 aromatic rings. The molecule has 0 spiro atoms. The molecule has 36 heavy (non-hydrogen) atoms. The largest absolute Gasteiger partial charge is 0.506 e. The Morgan fingerprint density at radius 1 is 0.750 bits per heavy atom. The first-order chi connectivity index (χ1) is 17.5. The van der Waals surface area contributed by atoms with Crippen LogP contribution in [0.25, 0.3) is 0 Å². The third-order valence-electron chi connectivity index (χ3n) is 6.44. The summed E-state index contributed by atoms with van der Waals surface area (Å²) >= 11 is 0. The van der Waals surface area contributed by atoms with Gasteiger partial charge in [-0.05, 0) is 62.8 Å². The van der Waals surface area contributed by atoms with Crippen molar-refractivity contribution in [1.82, 2.24) is 15.0 Å². The number of nitrogens with zero attached hydrogens (tertiary/aromatic N) is 5. The number of hydrogen-bond donors (Lipinski definition) is 3. The van der Waals surface area contributed by atoms with Gasteiger partial charge in [0.2, 0.25) is 17.8 Å². The molecule has 2 aromatic carbocycles. The molecule has 190 valence electrons. The zero-order chi connectivity index (χ0) is 25.0. The maximum atomic E-state index is 12.6. The summed E-state index contributed by atoms with van der Waals surface area (Å²) in [6.45, 7) is 3.67. The molecule has 0 saturated carbocycles. The van der Waals surface area contributed by atoms with Gasteiger partial charge in [-0.2, -0.15) is 15.0 Å². The molecule has 2 saturated heterocycles. The lowest BCUT2D eigenvalue weighted by Gasteiger charge is -2.30. The second-order valence-electron chi connectivity index (χ2n) is 9.13. The highest BCUT2D eigenvalue weighted by atomic mass is 32.2. The van der Waals surface area contributed by atoms with Crippen LogP contribution in [0, 0.1) is 0 Å². The summed E-state index contributed by atoms with van der Waals surface area (Å²) < 4.78 is 27.7. The Bertz CT molecular complexity index is 1260. The minimum absolute atomic E-state index is 0.0862. The van der Waals surface area contributed by atoms with Gasteiger partial charge in [0, 0.05) is 37.9 Å². The van der Waals surface area contributed by atoms with Gasteiger partial charge in [0.15, 0.2) is 0 Å². The summed E-state index contributed by atoms with van der Waals surface area (Å²) in [5, 5.41) is 13.7. The summed E-state index contributed by atoms with van der Waals surface area (Å²) in [5.41, 5.74) is 0.624. The molecular weight excluding hydrogens is 478 g/mol. The first-order valence-electron chi connectivity index (χ1n) is 12.4. The third kappa shape index (κ3) is 5.62. The molecule has 3 N–H and O–H groups in total. The second kappa shape index (κ2) is 10.6. The fourth-order valence-corrected chi connectivity index (χ4v) is 5.60. The normalized spacial score (nSPS) is 16.6. The monoisotopic (exact) mass is 509 g/mol. The summed E-state index contributed by atoms with van der Waals surface area (Å²) in [6, 6.07) is 12.7. The van der Waals surface area contributed by atoms with Crippen LogP contribution in [0.3, 0.4) is 0 Å². The highest BCUT2D eigenvalue weighted by Gasteiger charge is 2.21. The Balaban J connectivity index is 1.38. The number of rotatable bonds is 7. The van der Waals surface area contributed by atoms with Crippen molar-refractivity contribution in [3.8, 4) is 5.75 Å². The van der Waals surface area contributed by atoms with Gasteiger partial charge in [-0.3, -0.25) is 4.72 Å². The van der Waals surface area contributed by atoms with Crippen LogP contribution in [0.1, 0.15) is 38.5 Å². The van der Waals surface area contributed by atoms with Crippen LogP contribution >= 0.6 is 0 Å². The first kappa shape index (κ1) is 24.1. The standard InChI is InChI=1S/C25H31N7O3S/c33-22-18-19(12-13-21(22)30-36(34,35)20-10-4-1-5-11-20)26-23-27-24(31-14-6-2-7-15-31)29-25(28-23)32-16-8-3-9-17-32/h1,4-5,10-13,18,30,33H,2-3,6-9,14-17H2,(H,26,27,28,29). The zero-order valence-corrected chi connectivity index (χ0v) is 20.9. The number of piperidine rings is 2. The molecule has 0 radical (unpaired) electrons. The Labute approximate surface area is 211 Å². The number of nitrogens with one attached hydrogen (secondary N) is 2. The Kier molecular flexibility index (Phi) is 7.08. The number of anilines is 5. The summed E-state index contributed by atoms with van der Waals surface area (Å²) in [5.74, 6) is 1.50. The van der Waals surface area contributed by atoms with E-state index in [1.54, 1.807) is 24.3 Å². The second-order valence-corrected chi connectivity index (χ2v) is 10.8. The van der Waals surface area contributed by atoms with Gasteiger partial charge in [-0.1, -0.05) is 18.2 Å². The molecular formula is C25H31N7O3S. The minimum atomic E-state index is -3.82. The van der Waals surface area contributed by atoms with E-state index >= 15 is 0 Å². The fraction of sp³-hybridized carbons (Fsp3) is 0.400. The zero-order valence-electron chi connectivity index (χ0n) is 20.1. The van der Waals surface area contributed by atoms with E-state index in [9.17, 15) is 13.5 Å². The molecule has 3 heterocycles. The van der Waals surface area contributed by atoms with Crippen molar-refractivity contribution in [2.24, 2.45) is 0 Å².